The molecule has 0 aromatic carbocycles. The molecule has 1 atom stereocenters. The zero-order chi connectivity index (χ0) is 10.2. The van der Waals surface area contributed by atoms with Crippen LogP contribution in [-0.4, -0.2) is 43.1 Å². The number of carbonyl (C=O) groups excluding carboxylic acids is 1. The van der Waals surface area contributed by atoms with Crippen molar-refractivity contribution < 1.29 is 4.79 Å². The van der Waals surface area contributed by atoms with E-state index in [1.807, 2.05) is 11.8 Å². The molecule has 1 aliphatic rings. The predicted molar refractivity (Wildman–Crippen MR) is 52.0 cm³/mol. The highest BCUT2D eigenvalue weighted by Crippen LogP contribution is 2.39. The lowest BCUT2D eigenvalue weighted by atomic mass is 10.0. The molecule has 0 aliphatic carbocycles. The van der Waals surface area contributed by atoms with Crippen LogP contribution in [0.5, 0.6) is 0 Å². The van der Waals surface area contributed by atoms with E-state index in [1.54, 1.807) is 0 Å². The smallest absolute Gasteiger partial charge is 0.293 e. The Morgan fingerprint density at radius 1 is 1.71 bits per heavy atom. The van der Waals surface area contributed by atoms with Crippen LogP contribution in [0.1, 0.15) is 24.5 Å². The molecule has 1 saturated heterocycles. The number of aromatic amines is 1. The highest BCUT2D eigenvalue weighted by molar-refractivity contribution is 8.02. The lowest BCUT2D eigenvalue weighted by Gasteiger charge is -2.43. The molecule has 1 aliphatic heterocycles. The summed E-state index contributed by atoms with van der Waals surface area (Å²) in [6.45, 7) is 4.20. The van der Waals surface area contributed by atoms with Crippen LogP contribution >= 0.6 is 11.8 Å². The zero-order valence-corrected chi connectivity index (χ0v) is 8.76. The van der Waals surface area contributed by atoms with E-state index in [-0.39, 0.29) is 22.5 Å². The Morgan fingerprint density at radius 2 is 2.50 bits per heavy atom. The highest BCUT2D eigenvalue weighted by atomic mass is 32.2. The zero-order valence-electron chi connectivity index (χ0n) is 7.94. The summed E-state index contributed by atoms with van der Waals surface area (Å²) in [5.74, 6) is 0.770. The Balaban J connectivity index is 1.96. The van der Waals surface area contributed by atoms with Crippen molar-refractivity contribution in [2.75, 3.05) is 5.75 Å². The van der Waals surface area contributed by atoms with Crippen molar-refractivity contribution in [2.24, 2.45) is 0 Å². The number of amides is 1. The molecule has 1 fully saturated rings. The average Bonchev–Trinajstić information content (AvgIpc) is 2.65. The van der Waals surface area contributed by atoms with Gasteiger partial charge in [-0.3, -0.25) is 4.79 Å². The molecule has 6 nitrogen and oxygen atoms in total. The van der Waals surface area contributed by atoms with E-state index in [9.17, 15) is 4.79 Å². The van der Waals surface area contributed by atoms with E-state index in [0.717, 1.165) is 5.75 Å². The van der Waals surface area contributed by atoms with Crippen molar-refractivity contribution in [3.63, 3.8) is 0 Å². The summed E-state index contributed by atoms with van der Waals surface area (Å²) in [5, 5.41) is 15.7. The number of carbonyl (C=O) groups is 1. The number of H-pyrrole nitrogens is 1. The van der Waals surface area contributed by atoms with Gasteiger partial charge in [-0.1, -0.05) is 0 Å². The van der Waals surface area contributed by atoms with E-state index in [1.165, 1.54) is 0 Å². The maximum atomic E-state index is 11.5. The van der Waals surface area contributed by atoms with Gasteiger partial charge in [-0.15, -0.1) is 10.2 Å². The third-order valence-corrected chi connectivity index (χ3v) is 3.84. The van der Waals surface area contributed by atoms with Crippen molar-refractivity contribution in [1.29, 1.82) is 0 Å². The molecule has 1 amide bonds. The molecule has 2 heterocycles. The average molecular weight is 213 g/mol. The van der Waals surface area contributed by atoms with Gasteiger partial charge in [0.2, 0.25) is 0 Å². The third kappa shape index (κ3) is 1.59. The van der Waals surface area contributed by atoms with E-state index in [0.29, 0.717) is 0 Å². The first-order chi connectivity index (χ1) is 6.59. The minimum Gasteiger partial charge on any atom is -0.344 e. The molecule has 14 heavy (non-hydrogen) atoms. The molecule has 1 aromatic heterocycles. The largest absolute Gasteiger partial charge is 0.344 e. The van der Waals surface area contributed by atoms with Crippen molar-refractivity contribution in [3.8, 4) is 0 Å². The van der Waals surface area contributed by atoms with Gasteiger partial charge in [0, 0.05) is 10.5 Å². The molecule has 76 valence electrons. The number of tetrazole rings is 1. The molecule has 0 radical (unpaired) electrons. The summed E-state index contributed by atoms with van der Waals surface area (Å²) in [4.78, 5) is 11.5. The van der Waals surface area contributed by atoms with Gasteiger partial charge in [0.1, 0.15) is 0 Å². The number of thioether (sulfide) groups is 1. The van der Waals surface area contributed by atoms with Gasteiger partial charge in [0.05, 0.1) is 6.04 Å². The number of nitrogens with one attached hydrogen (secondary N) is 2. The first kappa shape index (κ1) is 9.45. The number of rotatable bonds is 2. The minimum absolute atomic E-state index is 0.0951. The van der Waals surface area contributed by atoms with Gasteiger partial charge in [-0.05, 0) is 19.1 Å². The van der Waals surface area contributed by atoms with E-state index < -0.39 is 0 Å². The van der Waals surface area contributed by atoms with Gasteiger partial charge in [0.25, 0.3) is 11.7 Å². The van der Waals surface area contributed by atoms with E-state index in [2.05, 4.69) is 39.8 Å². The molecular weight excluding hydrogens is 202 g/mol. The number of hydrogen-bond acceptors (Lipinski definition) is 5. The second-order valence-corrected chi connectivity index (χ2v) is 5.35. The fourth-order valence-corrected chi connectivity index (χ4v) is 2.34. The van der Waals surface area contributed by atoms with Crippen molar-refractivity contribution in [2.45, 2.75) is 24.6 Å². The maximum absolute atomic E-state index is 11.5. The predicted octanol–water partition coefficient (Wildman–Crippen LogP) is -0.177. The molecule has 0 bridgehead atoms. The fraction of sp³-hybridized carbons (Fsp3) is 0.714. The van der Waals surface area contributed by atoms with Crippen molar-refractivity contribution >= 4 is 17.7 Å². The van der Waals surface area contributed by atoms with Crippen LogP contribution in [0.25, 0.3) is 0 Å². The number of nitrogens with zero attached hydrogens (tertiary/aromatic N) is 3. The first-order valence-corrected chi connectivity index (χ1v) is 5.26. The summed E-state index contributed by atoms with van der Waals surface area (Å²) in [5.41, 5.74) is 0. The minimum atomic E-state index is -0.267. The monoisotopic (exact) mass is 213 g/mol. The molecule has 2 N–H and O–H groups in total. The SMILES string of the molecule is CC1(C)SCC1NC(=O)c1nn[nH]n1. The molecule has 0 spiro atoms. The van der Waals surface area contributed by atoms with Crippen LogP contribution in [0.3, 0.4) is 0 Å². The van der Waals surface area contributed by atoms with Crippen molar-refractivity contribution in [1.82, 2.24) is 25.9 Å². The molecule has 0 saturated carbocycles. The number of hydrogen-bond donors (Lipinski definition) is 2. The van der Waals surface area contributed by atoms with Gasteiger partial charge in [-0.25, -0.2) is 0 Å². The lowest BCUT2D eigenvalue weighted by Crippen LogP contribution is -2.56. The Morgan fingerprint density at radius 3 is 2.93 bits per heavy atom. The molecule has 1 unspecified atom stereocenters. The van der Waals surface area contributed by atoms with Gasteiger partial charge in [0.15, 0.2) is 0 Å². The van der Waals surface area contributed by atoms with E-state index >= 15 is 0 Å². The topological polar surface area (TPSA) is 83.6 Å². The summed E-state index contributed by atoms with van der Waals surface area (Å²) in [7, 11) is 0. The van der Waals surface area contributed by atoms with Crippen LogP contribution in [0.4, 0.5) is 0 Å². The quantitative estimate of drug-likeness (QED) is 0.712. The van der Waals surface area contributed by atoms with Crippen LogP contribution in [0.2, 0.25) is 0 Å². The van der Waals surface area contributed by atoms with Crippen LogP contribution in [0, 0.1) is 0 Å². The summed E-state index contributed by atoms with van der Waals surface area (Å²) < 4.78 is 0.111. The molecule has 7 heteroatoms. The molecular formula is C7H11N5OS. The lowest BCUT2D eigenvalue weighted by molar-refractivity contribution is 0.0921. The van der Waals surface area contributed by atoms with Crippen molar-refractivity contribution in [3.05, 3.63) is 5.82 Å². The Labute approximate surface area is 85.2 Å². The summed E-state index contributed by atoms with van der Waals surface area (Å²) >= 11 is 1.83. The van der Waals surface area contributed by atoms with Crippen LogP contribution in [0.15, 0.2) is 0 Å². The molecule has 1 aromatic rings. The Hall–Kier alpha value is -1.11. The number of aromatic nitrogens is 4. The second kappa shape index (κ2) is 3.23. The Kier molecular flexibility index (Phi) is 2.18. The van der Waals surface area contributed by atoms with Crippen LogP contribution < -0.4 is 5.32 Å². The summed E-state index contributed by atoms with van der Waals surface area (Å²) in [6, 6.07) is 0.193. The summed E-state index contributed by atoms with van der Waals surface area (Å²) in [6.07, 6.45) is 0. The second-order valence-electron chi connectivity index (χ2n) is 3.68. The first-order valence-electron chi connectivity index (χ1n) is 4.28. The van der Waals surface area contributed by atoms with Gasteiger partial charge < -0.3 is 5.32 Å². The van der Waals surface area contributed by atoms with Gasteiger partial charge in [-0.2, -0.15) is 17.0 Å². The standard InChI is InChI=1S/C7H11N5OS/c1-7(2)4(3-14-7)8-6(13)5-9-11-12-10-5/h4H,3H2,1-2H3,(H,8,13)(H,9,10,11,12). The Bertz CT molecular complexity index is 336. The maximum Gasteiger partial charge on any atom is 0.293 e. The van der Waals surface area contributed by atoms with Gasteiger partial charge >= 0.3 is 0 Å². The van der Waals surface area contributed by atoms with E-state index in [4.69, 9.17) is 0 Å². The normalized spacial score (nSPS) is 24.0. The third-order valence-electron chi connectivity index (χ3n) is 2.31. The molecule has 2 rings (SSSR count). The van der Waals surface area contributed by atoms with Crippen LogP contribution in [-0.2, 0) is 0 Å². The fourth-order valence-electron chi connectivity index (χ4n) is 1.20. The highest BCUT2D eigenvalue weighted by Gasteiger charge is 2.40.